The second kappa shape index (κ2) is 7.01. The highest BCUT2D eigenvalue weighted by atomic mass is 35.5. The number of fused-ring (bicyclic) bond motifs is 1. The van der Waals surface area contributed by atoms with E-state index in [0.717, 1.165) is 5.56 Å². The topological polar surface area (TPSA) is 91.2 Å². The average Bonchev–Trinajstić information content (AvgIpc) is 3.10. The lowest BCUT2D eigenvalue weighted by Gasteiger charge is -2.18. The summed E-state index contributed by atoms with van der Waals surface area (Å²) in [4.78, 5) is 13.4. The lowest BCUT2D eigenvalue weighted by molar-refractivity contribution is -0.117. The average molecular weight is 372 g/mol. The number of tetrazole rings is 1. The molecule has 1 aliphatic heterocycles. The molecule has 0 unspecified atom stereocenters. The molecule has 2 aromatic carbocycles. The summed E-state index contributed by atoms with van der Waals surface area (Å²) >= 11 is 5.96. The van der Waals surface area contributed by atoms with Crippen LogP contribution in [0.2, 0.25) is 5.02 Å². The van der Waals surface area contributed by atoms with Gasteiger partial charge in [0.1, 0.15) is 19.8 Å². The zero-order chi connectivity index (χ0) is 17.9. The van der Waals surface area contributed by atoms with Crippen molar-refractivity contribution in [3.05, 3.63) is 47.5 Å². The van der Waals surface area contributed by atoms with Crippen LogP contribution in [0.25, 0.3) is 11.4 Å². The van der Waals surface area contributed by atoms with E-state index in [-0.39, 0.29) is 12.5 Å². The van der Waals surface area contributed by atoms with Crippen LogP contribution in [0.4, 0.5) is 5.69 Å². The number of ether oxygens (including phenoxy) is 2. The predicted molar refractivity (Wildman–Crippen MR) is 94.3 cm³/mol. The summed E-state index contributed by atoms with van der Waals surface area (Å²) in [5, 5.41) is 15.4. The number of aromatic nitrogens is 4. The van der Waals surface area contributed by atoms with Crippen molar-refractivity contribution in [2.75, 3.05) is 18.5 Å². The Morgan fingerprint density at radius 2 is 2.00 bits per heavy atom. The first kappa shape index (κ1) is 16.3. The summed E-state index contributed by atoms with van der Waals surface area (Å²) in [6.07, 6.45) is 0. The number of rotatable bonds is 4. The molecular formula is C17H14ClN5O3. The molecule has 132 valence electrons. The quantitative estimate of drug-likeness (QED) is 0.757. The zero-order valence-corrected chi connectivity index (χ0v) is 14.3. The van der Waals surface area contributed by atoms with Crippen LogP contribution in [-0.4, -0.2) is 39.3 Å². The molecule has 9 heteroatoms. The van der Waals surface area contributed by atoms with Crippen LogP contribution in [0.15, 0.2) is 42.5 Å². The van der Waals surface area contributed by atoms with Gasteiger partial charge in [0.15, 0.2) is 11.5 Å². The molecule has 0 saturated carbocycles. The van der Waals surface area contributed by atoms with Gasteiger partial charge in [-0.2, -0.15) is 4.80 Å². The van der Waals surface area contributed by atoms with Crippen LogP contribution >= 0.6 is 11.6 Å². The number of benzene rings is 2. The third-order valence-corrected chi connectivity index (χ3v) is 3.88. The van der Waals surface area contributed by atoms with Crippen molar-refractivity contribution in [3.8, 4) is 22.9 Å². The van der Waals surface area contributed by atoms with Gasteiger partial charge in [-0.25, -0.2) is 0 Å². The fourth-order valence-electron chi connectivity index (χ4n) is 2.50. The SMILES string of the molecule is O=C(Cn1nnc(-c2cccc(Cl)c2)n1)Nc1ccc2c(c1)OCCO2. The minimum Gasteiger partial charge on any atom is -0.486 e. The van der Waals surface area contributed by atoms with Crippen molar-refractivity contribution >= 4 is 23.2 Å². The van der Waals surface area contributed by atoms with Gasteiger partial charge in [0.05, 0.1) is 0 Å². The fourth-order valence-corrected chi connectivity index (χ4v) is 2.69. The number of hydrogen-bond donors (Lipinski definition) is 1. The molecule has 0 fully saturated rings. The molecule has 26 heavy (non-hydrogen) atoms. The second-order valence-corrected chi connectivity index (χ2v) is 6.00. The Hall–Kier alpha value is -3.13. The van der Waals surface area contributed by atoms with Crippen molar-refractivity contribution in [1.29, 1.82) is 0 Å². The maximum absolute atomic E-state index is 12.2. The van der Waals surface area contributed by atoms with E-state index in [2.05, 4.69) is 20.7 Å². The van der Waals surface area contributed by atoms with Gasteiger partial charge < -0.3 is 14.8 Å². The first-order chi connectivity index (χ1) is 12.7. The van der Waals surface area contributed by atoms with E-state index in [4.69, 9.17) is 21.1 Å². The molecule has 0 radical (unpaired) electrons. The number of halogens is 1. The Kier molecular flexibility index (Phi) is 4.40. The van der Waals surface area contributed by atoms with E-state index in [9.17, 15) is 4.79 Å². The van der Waals surface area contributed by atoms with Gasteiger partial charge in [-0.3, -0.25) is 4.79 Å². The summed E-state index contributed by atoms with van der Waals surface area (Å²) in [6, 6.07) is 12.3. The number of carbonyl (C=O) groups excluding carboxylic acids is 1. The first-order valence-electron chi connectivity index (χ1n) is 7.91. The van der Waals surface area contributed by atoms with Gasteiger partial charge in [0.25, 0.3) is 0 Å². The summed E-state index contributed by atoms with van der Waals surface area (Å²) in [7, 11) is 0. The van der Waals surface area contributed by atoms with Gasteiger partial charge in [-0.05, 0) is 29.5 Å². The number of nitrogens with one attached hydrogen (secondary N) is 1. The van der Waals surface area contributed by atoms with Crippen molar-refractivity contribution in [1.82, 2.24) is 20.2 Å². The van der Waals surface area contributed by atoms with E-state index in [1.807, 2.05) is 6.07 Å². The van der Waals surface area contributed by atoms with E-state index in [0.29, 0.717) is 41.2 Å². The molecule has 0 aliphatic carbocycles. The molecule has 1 aromatic heterocycles. The van der Waals surface area contributed by atoms with Gasteiger partial charge in [-0.1, -0.05) is 23.7 Å². The summed E-state index contributed by atoms with van der Waals surface area (Å²) in [5.41, 5.74) is 1.34. The number of anilines is 1. The van der Waals surface area contributed by atoms with Crippen molar-refractivity contribution in [2.45, 2.75) is 6.54 Å². The number of nitrogens with zero attached hydrogens (tertiary/aromatic N) is 4. The molecule has 1 N–H and O–H groups in total. The lowest BCUT2D eigenvalue weighted by atomic mass is 10.2. The summed E-state index contributed by atoms with van der Waals surface area (Å²) < 4.78 is 11.0. The van der Waals surface area contributed by atoms with Gasteiger partial charge >= 0.3 is 0 Å². The highest BCUT2D eigenvalue weighted by molar-refractivity contribution is 6.30. The number of hydrogen-bond acceptors (Lipinski definition) is 6. The molecule has 0 saturated heterocycles. The minimum absolute atomic E-state index is 0.0675. The summed E-state index contributed by atoms with van der Waals surface area (Å²) in [6.45, 7) is 0.938. The summed E-state index contributed by atoms with van der Waals surface area (Å²) in [5.74, 6) is 1.39. The van der Waals surface area contributed by atoms with Crippen LogP contribution in [0.3, 0.4) is 0 Å². The fraction of sp³-hybridized carbons (Fsp3) is 0.176. The van der Waals surface area contributed by atoms with Gasteiger partial charge in [0, 0.05) is 22.3 Å². The molecule has 0 atom stereocenters. The predicted octanol–water partition coefficient (Wildman–Crippen LogP) is 2.40. The molecular weight excluding hydrogens is 358 g/mol. The second-order valence-electron chi connectivity index (χ2n) is 5.56. The minimum atomic E-state index is -0.281. The van der Waals surface area contributed by atoms with E-state index in [1.54, 1.807) is 36.4 Å². The van der Waals surface area contributed by atoms with E-state index in [1.165, 1.54) is 4.80 Å². The van der Waals surface area contributed by atoms with Gasteiger partial charge in [0.2, 0.25) is 11.7 Å². The van der Waals surface area contributed by atoms with Crippen molar-refractivity contribution in [3.63, 3.8) is 0 Å². The largest absolute Gasteiger partial charge is 0.486 e. The first-order valence-corrected chi connectivity index (χ1v) is 8.28. The Balaban J connectivity index is 1.42. The Morgan fingerprint density at radius 3 is 2.85 bits per heavy atom. The molecule has 4 rings (SSSR count). The Morgan fingerprint density at radius 1 is 1.15 bits per heavy atom. The van der Waals surface area contributed by atoms with Crippen LogP contribution in [-0.2, 0) is 11.3 Å². The molecule has 0 bridgehead atoms. The van der Waals surface area contributed by atoms with Crippen LogP contribution in [0, 0.1) is 0 Å². The molecule has 0 spiro atoms. The van der Waals surface area contributed by atoms with Crippen molar-refractivity contribution < 1.29 is 14.3 Å². The third-order valence-electron chi connectivity index (χ3n) is 3.65. The Labute approximate surface area is 153 Å². The maximum Gasteiger partial charge on any atom is 0.248 e. The van der Waals surface area contributed by atoms with Crippen LogP contribution in [0.1, 0.15) is 0 Å². The van der Waals surface area contributed by atoms with Crippen LogP contribution in [0.5, 0.6) is 11.5 Å². The van der Waals surface area contributed by atoms with Crippen LogP contribution < -0.4 is 14.8 Å². The molecule has 1 amide bonds. The number of carbonyl (C=O) groups is 1. The highest BCUT2D eigenvalue weighted by Crippen LogP contribution is 2.32. The standard InChI is InChI=1S/C17H14ClN5O3/c18-12-3-1-2-11(8-12)17-20-22-23(21-17)10-16(24)19-13-4-5-14-15(9-13)26-7-6-25-14/h1-5,8-9H,6-7,10H2,(H,19,24). The van der Waals surface area contributed by atoms with E-state index >= 15 is 0 Å². The maximum atomic E-state index is 12.2. The normalized spacial score (nSPS) is 12.7. The molecule has 1 aliphatic rings. The van der Waals surface area contributed by atoms with E-state index < -0.39 is 0 Å². The Bertz CT molecular complexity index is 959. The number of amides is 1. The zero-order valence-electron chi connectivity index (χ0n) is 13.6. The molecule has 2 heterocycles. The van der Waals surface area contributed by atoms with Gasteiger partial charge in [-0.15, -0.1) is 10.2 Å². The van der Waals surface area contributed by atoms with Crippen molar-refractivity contribution in [2.24, 2.45) is 0 Å². The molecule has 3 aromatic rings. The molecule has 8 nitrogen and oxygen atoms in total. The highest BCUT2D eigenvalue weighted by Gasteiger charge is 2.14. The monoisotopic (exact) mass is 371 g/mol. The lowest BCUT2D eigenvalue weighted by Crippen LogP contribution is -2.21. The third kappa shape index (κ3) is 3.60. The smallest absolute Gasteiger partial charge is 0.248 e.